The number of carboxylic acid groups (broad SMARTS) is 1. The molecule has 1 amide bonds. The van der Waals surface area contributed by atoms with Gasteiger partial charge in [-0.25, -0.2) is 4.79 Å². The molecule has 2 unspecified atom stereocenters. The predicted octanol–water partition coefficient (Wildman–Crippen LogP) is 6.28. The van der Waals surface area contributed by atoms with Crippen LogP contribution in [0.5, 0.6) is 0 Å². The van der Waals surface area contributed by atoms with E-state index in [4.69, 9.17) is 4.42 Å². The van der Waals surface area contributed by atoms with Crippen molar-refractivity contribution in [3.63, 3.8) is 0 Å². The second kappa shape index (κ2) is 9.70. The first-order valence-electron chi connectivity index (χ1n) is 13.4. The molecule has 0 saturated carbocycles. The fraction of sp³-hybridized carbons (Fsp3) is 0.344. The highest BCUT2D eigenvalue weighted by atomic mass is 16.4. The van der Waals surface area contributed by atoms with E-state index in [1.165, 1.54) is 11.0 Å². The number of hydrogen-bond acceptors (Lipinski definition) is 6. The number of hydrogen-bond donors (Lipinski definition) is 3. The highest BCUT2D eigenvalue weighted by Crippen LogP contribution is 2.41. The Morgan fingerprint density at radius 2 is 1.80 bits per heavy atom. The minimum Gasteiger partial charge on any atom is -0.478 e. The fourth-order valence-corrected chi connectivity index (χ4v) is 5.47. The number of fused-ring (bicyclic) bond motifs is 1. The van der Waals surface area contributed by atoms with E-state index in [2.05, 4.69) is 31.4 Å². The monoisotopic (exact) mass is 541 g/mol. The second-order valence-corrected chi connectivity index (χ2v) is 11.9. The molecule has 0 bridgehead atoms. The number of Topliss-reactive ketones (excluding diaryl/α,β-unsaturated/α-hetero) is 1. The molecule has 0 saturated heterocycles. The van der Waals surface area contributed by atoms with Crippen LogP contribution in [-0.4, -0.2) is 22.8 Å². The summed E-state index contributed by atoms with van der Waals surface area (Å²) >= 11 is 0. The average molecular weight is 542 g/mol. The zero-order valence-corrected chi connectivity index (χ0v) is 23.9. The molecular formula is C32H35N3O5. The number of ketones is 1. The number of benzene rings is 2. The summed E-state index contributed by atoms with van der Waals surface area (Å²) in [6.07, 6.45) is 0. The van der Waals surface area contributed by atoms with Gasteiger partial charge in [-0.05, 0) is 80.1 Å². The summed E-state index contributed by atoms with van der Waals surface area (Å²) < 4.78 is 5.95. The minimum atomic E-state index is -1.09. The molecule has 5 rings (SSSR count). The highest BCUT2D eigenvalue weighted by Gasteiger charge is 2.41. The molecule has 1 aromatic heterocycles. The molecule has 8 nitrogen and oxygen atoms in total. The van der Waals surface area contributed by atoms with Gasteiger partial charge in [0.05, 0.1) is 41.0 Å². The van der Waals surface area contributed by atoms with Crippen molar-refractivity contribution in [2.24, 2.45) is 11.3 Å². The van der Waals surface area contributed by atoms with E-state index in [1.54, 1.807) is 12.1 Å². The second-order valence-electron chi connectivity index (χ2n) is 11.9. The van der Waals surface area contributed by atoms with E-state index in [0.717, 1.165) is 33.9 Å². The standard InChI is InChI=1S/C32H35N3O5/c1-16-8-11-20(31(38)39)23(14-16)35-15-21-17(2)9-12-22(25(21)30(35)37)33-27-26(19(4)28(27)36)34-29(32(5,6)7)24-13-10-18(3)40-24/h8-14,19,29,33-34H,15H2,1-7H3,(H,38,39). The van der Waals surface area contributed by atoms with Crippen molar-refractivity contribution in [2.75, 3.05) is 10.2 Å². The molecule has 40 heavy (non-hydrogen) atoms. The van der Waals surface area contributed by atoms with Crippen LogP contribution in [0.3, 0.4) is 0 Å². The summed E-state index contributed by atoms with van der Waals surface area (Å²) in [7, 11) is 0. The number of carbonyl (C=O) groups is 3. The number of carboxylic acids is 1. The number of amides is 1. The molecule has 2 aromatic carbocycles. The van der Waals surface area contributed by atoms with Crippen LogP contribution in [0.4, 0.5) is 11.4 Å². The quantitative estimate of drug-likeness (QED) is 0.323. The lowest BCUT2D eigenvalue weighted by molar-refractivity contribution is -0.120. The summed E-state index contributed by atoms with van der Waals surface area (Å²) in [6.45, 7) is 14.1. The Kier molecular flexibility index (Phi) is 6.60. The molecule has 1 aliphatic carbocycles. The van der Waals surface area contributed by atoms with Crippen LogP contribution in [0.15, 0.2) is 58.3 Å². The molecule has 0 radical (unpaired) electrons. The van der Waals surface area contributed by atoms with Gasteiger partial charge in [-0.1, -0.05) is 32.9 Å². The summed E-state index contributed by atoms with van der Waals surface area (Å²) in [5.74, 6) is -0.174. The number of carbonyl (C=O) groups excluding carboxylic acids is 2. The van der Waals surface area contributed by atoms with Crippen molar-refractivity contribution in [2.45, 2.75) is 61.1 Å². The summed E-state index contributed by atoms with van der Waals surface area (Å²) in [5.41, 5.74) is 4.95. The van der Waals surface area contributed by atoms with E-state index < -0.39 is 5.97 Å². The molecule has 3 N–H and O–H groups in total. The van der Waals surface area contributed by atoms with E-state index >= 15 is 0 Å². The number of allylic oxidation sites excluding steroid dienone is 2. The molecule has 3 aromatic rings. The van der Waals surface area contributed by atoms with Crippen molar-refractivity contribution in [3.8, 4) is 0 Å². The first kappa shape index (κ1) is 27.2. The van der Waals surface area contributed by atoms with Gasteiger partial charge in [0.15, 0.2) is 5.78 Å². The normalized spacial score (nSPS) is 17.6. The lowest BCUT2D eigenvalue weighted by Gasteiger charge is -2.38. The predicted molar refractivity (Wildman–Crippen MR) is 153 cm³/mol. The maximum absolute atomic E-state index is 13.8. The van der Waals surface area contributed by atoms with Crippen LogP contribution in [-0.2, 0) is 11.3 Å². The molecule has 0 spiro atoms. The first-order chi connectivity index (χ1) is 18.8. The van der Waals surface area contributed by atoms with Gasteiger partial charge >= 0.3 is 5.97 Å². The van der Waals surface area contributed by atoms with Crippen molar-refractivity contribution < 1.29 is 23.9 Å². The molecule has 2 heterocycles. The molecule has 208 valence electrons. The minimum absolute atomic E-state index is 0.0470. The van der Waals surface area contributed by atoms with Crippen LogP contribution >= 0.6 is 0 Å². The van der Waals surface area contributed by atoms with Gasteiger partial charge in [0.1, 0.15) is 17.2 Å². The molecule has 8 heteroatoms. The van der Waals surface area contributed by atoms with Crippen LogP contribution in [0, 0.1) is 32.1 Å². The topological polar surface area (TPSA) is 112 Å². The zero-order valence-electron chi connectivity index (χ0n) is 23.9. The lowest BCUT2D eigenvalue weighted by Crippen LogP contribution is -2.44. The third-order valence-corrected chi connectivity index (χ3v) is 7.81. The molecular weight excluding hydrogens is 506 g/mol. The Labute approximate surface area is 234 Å². The fourth-order valence-electron chi connectivity index (χ4n) is 5.47. The Morgan fingerprint density at radius 1 is 1.07 bits per heavy atom. The van der Waals surface area contributed by atoms with Gasteiger partial charge in [-0.3, -0.25) is 9.59 Å². The number of aryl methyl sites for hydroxylation is 3. The SMILES string of the molecule is Cc1ccc(C(=O)O)c(N2Cc3c(C)ccc(NC4=C(NC(c5ccc(C)o5)C(C)(C)C)C(C)C4=O)c3C2=O)c1. The van der Waals surface area contributed by atoms with E-state index in [9.17, 15) is 19.5 Å². The van der Waals surface area contributed by atoms with Crippen molar-refractivity contribution in [1.82, 2.24) is 5.32 Å². The van der Waals surface area contributed by atoms with Crippen LogP contribution in [0.1, 0.15) is 82.7 Å². The smallest absolute Gasteiger partial charge is 0.337 e. The number of nitrogens with zero attached hydrogens (tertiary/aromatic N) is 1. The number of furan rings is 1. The van der Waals surface area contributed by atoms with Crippen molar-refractivity contribution >= 4 is 29.0 Å². The Bertz CT molecular complexity index is 1590. The van der Waals surface area contributed by atoms with Crippen LogP contribution in [0.2, 0.25) is 0 Å². The van der Waals surface area contributed by atoms with E-state index in [1.807, 2.05) is 52.0 Å². The van der Waals surface area contributed by atoms with Gasteiger partial charge < -0.3 is 25.1 Å². The number of rotatable bonds is 7. The molecule has 2 aliphatic rings. The average Bonchev–Trinajstić information content (AvgIpc) is 3.47. The molecule has 2 atom stereocenters. The third-order valence-electron chi connectivity index (χ3n) is 7.81. The maximum Gasteiger partial charge on any atom is 0.337 e. The molecule has 0 fully saturated rings. The van der Waals surface area contributed by atoms with Crippen molar-refractivity contribution in [1.29, 1.82) is 0 Å². The highest BCUT2D eigenvalue weighted by molar-refractivity contribution is 6.17. The largest absolute Gasteiger partial charge is 0.478 e. The van der Waals surface area contributed by atoms with Gasteiger partial charge in [-0.15, -0.1) is 0 Å². The van der Waals surface area contributed by atoms with Gasteiger partial charge in [0.2, 0.25) is 0 Å². The maximum atomic E-state index is 13.8. The summed E-state index contributed by atoms with van der Waals surface area (Å²) in [4.78, 5) is 40.4. The Balaban J connectivity index is 1.52. The number of anilines is 2. The first-order valence-corrected chi connectivity index (χ1v) is 13.4. The summed E-state index contributed by atoms with van der Waals surface area (Å²) in [5, 5.41) is 16.6. The Morgan fingerprint density at radius 3 is 2.42 bits per heavy atom. The van der Waals surface area contributed by atoms with Gasteiger partial charge in [0.25, 0.3) is 5.91 Å². The molecule has 1 aliphatic heterocycles. The van der Waals surface area contributed by atoms with Crippen LogP contribution in [0.25, 0.3) is 0 Å². The van der Waals surface area contributed by atoms with Gasteiger partial charge in [0, 0.05) is 5.70 Å². The van der Waals surface area contributed by atoms with Crippen LogP contribution < -0.4 is 15.5 Å². The van der Waals surface area contributed by atoms with E-state index in [-0.39, 0.29) is 41.2 Å². The number of nitrogens with one attached hydrogen (secondary N) is 2. The Hall–Kier alpha value is -4.33. The summed E-state index contributed by atoms with van der Waals surface area (Å²) in [6, 6.07) is 12.4. The lowest BCUT2D eigenvalue weighted by atomic mass is 9.81. The third kappa shape index (κ3) is 4.57. The number of aromatic carboxylic acids is 1. The van der Waals surface area contributed by atoms with E-state index in [0.29, 0.717) is 22.6 Å². The van der Waals surface area contributed by atoms with Gasteiger partial charge in [-0.2, -0.15) is 0 Å². The van der Waals surface area contributed by atoms with Crippen molar-refractivity contribution in [3.05, 3.63) is 93.2 Å². The zero-order chi connectivity index (χ0) is 29.1.